The Kier molecular flexibility index (Phi) is 2.74. The van der Waals surface area contributed by atoms with Gasteiger partial charge in [-0.1, -0.05) is 31.5 Å². The van der Waals surface area contributed by atoms with E-state index in [0.29, 0.717) is 0 Å². The van der Waals surface area contributed by atoms with E-state index in [4.69, 9.17) is 0 Å². The summed E-state index contributed by atoms with van der Waals surface area (Å²) in [7, 11) is -0.907. The van der Waals surface area contributed by atoms with Crippen LogP contribution in [0, 0.1) is 0 Å². The third kappa shape index (κ3) is 1.64. The summed E-state index contributed by atoms with van der Waals surface area (Å²) in [4.78, 5) is 0. The lowest BCUT2D eigenvalue weighted by molar-refractivity contribution is 0.891. The van der Waals surface area contributed by atoms with Crippen molar-refractivity contribution in [2.45, 2.75) is 19.8 Å². The van der Waals surface area contributed by atoms with Gasteiger partial charge in [-0.25, -0.2) is 0 Å². The number of benzene rings is 1. The van der Waals surface area contributed by atoms with Gasteiger partial charge < -0.3 is 0 Å². The van der Waals surface area contributed by atoms with Crippen LogP contribution in [0.25, 0.3) is 6.08 Å². The Morgan fingerprint density at radius 3 is 2.79 bits per heavy atom. The standard InChI is InChI=1S/C13H18P/c1-3-4-10-14(2)11-9-12-7-5-6-8-13(12)14/h5-9,11H,3-4,10H2,1-2H3/q+1. The van der Waals surface area contributed by atoms with Crippen LogP contribution in [0.5, 0.6) is 0 Å². The molecule has 1 aromatic carbocycles. The molecule has 0 aliphatic carbocycles. The Labute approximate surface area is 87.4 Å². The number of unbranched alkanes of at least 4 members (excludes halogenated alkanes) is 1. The molecule has 0 bridgehead atoms. The molecule has 1 unspecified atom stereocenters. The molecule has 0 saturated carbocycles. The summed E-state index contributed by atoms with van der Waals surface area (Å²) in [6.45, 7) is 4.74. The van der Waals surface area contributed by atoms with E-state index in [-0.39, 0.29) is 0 Å². The van der Waals surface area contributed by atoms with Gasteiger partial charge in [0.05, 0.1) is 25.9 Å². The second kappa shape index (κ2) is 3.87. The first-order chi connectivity index (χ1) is 6.76. The normalized spacial score (nSPS) is 23.9. The van der Waals surface area contributed by atoms with E-state index >= 15 is 0 Å². The molecule has 0 aromatic heterocycles. The minimum atomic E-state index is -0.907. The van der Waals surface area contributed by atoms with Gasteiger partial charge >= 0.3 is 0 Å². The minimum absolute atomic E-state index is 0.907. The highest BCUT2D eigenvalue weighted by Gasteiger charge is 2.36. The Hall–Kier alpha value is -0.610. The van der Waals surface area contributed by atoms with E-state index in [0.717, 1.165) is 0 Å². The molecule has 1 aliphatic heterocycles. The Bertz CT molecular complexity index is 354. The summed E-state index contributed by atoms with van der Waals surface area (Å²) < 4.78 is 0. The van der Waals surface area contributed by atoms with Crippen LogP contribution in [0.1, 0.15) is 25.3 Å². The number of hydrogen-bond donors (Lipinski definition) is 0. The summed E-state index contributed by atoms with van der Waals surface area (Å²) in [6, 6.07) is 8.87. The van der Waals surface area contributed by atoms with Gasteiger partial charge in [0.1, 0.15) is 5.30 Å². The SMILES string of the molecule is CCCC[P+]1(C)C=Cc2ccccc21. The van der Waals surface area contributed by atoms with Crippen LogP contribution in [0.15, 0.2) is 30.1 Å². The van der Waals surface area contributed by atoms with E-state index < -0.39 is 7.26 Å². The van der Waals surface area contributed by atoms with E-state index in [1.165, 1.54) is 24.6 Å². The smallest absolute Gasteiger partial charge is 0.0652 e. The summed E-state index contributed by atoms with van der Waals surface area (Å²) >= 11 is 0. The molecule has 1 atom stereocenters. The van der Waals surface area contributed by atoms with Gasteiger partial charge in [0, 0.05) is 5.56 Å². The predicted octanol–water partition coefficient (Wildman–Crippen LogP) is 3.74. The van der Waals surface area contributed by atoms with Crippen LogP contribution in [-0.2, 0) is 0 Å². The van der Waals surface area contributed by atoms with Crippen molar-refractivity contribution in [3.05, 3.63) is 35.6 Å². The zero-order valence-electron chi connectivity index (χ0n) is 9.03. The molecule has 1 aromatic rings. The Morgan fingerprint density at radius 1 is 1.21 bits per heavy atom. The fourth-order valence-electron chi connectivity index (χ4n) is 2.10. The van der Waals surface area contributed by atoms with Gasteiger partial charge in [-0.15, -0.1) is 0 Å². The van der Waals surface area contributed by atoms with Crippen molar-refractivity contribution < 1.29 is 0 Å². The number of hydrogen-bond acceptors (Lipinski definition) is 0. The van der Waals surface area contributed by atoms with Crippen molar-refractivity contribution in [2.75, 3.05) is 12.8 Å². The molecule has 2 rings (SSSR count). The topological polar surface area (TPSA) is 0 Å². The molecule has 0 radical (unpaired) electrons. The van der Waals surface area contributed by atoms with Crippen molar-refractivity contribution in [1.82, 2.24) is 0 Å². The van der Waals surface area contributed by atoms with Crippen LogP contribution in [0.4, 0.5) is 0 Å². The van der Waals surface area contributed by atoms with Crippen molar-refractivity contribution in [3.8, 4) is 0 Å². The predicted molar refractivity (Wildman–Crippen MR) is 67.7 cm³/mol. The molecule has 0 amide bonds. The monoisotopic (exact) mass is 205 g/mol. The Balaban J connectivity index is 2.28. The quantitative estimate of drug-likeness (QED) is 0.659. The summed E-state index contributed by atoms with van der Waals surface area (Å²) in [5, 5.41) is 1.62. The van der Waals surface area contributed by atoms with E-state index in [1.54, 1.807) is 5.30 Å². The number of rotatable bonds is 3. The van der Waals surface area contributed by atoms with Gasteiger partial charge in [-0.3, -0.25) is 0 Å². The molecular formula is C13H18P+. The molecule has 14 heavy (non-hydrogen) atoms. The average molecular weight is 205 g/mol. The lowest BCUT2D eigenvalue weighted by atomic mass is 10.2. The van der Waals surface area contributed by atoms with E-state index in [1.807, 2.05) is 0 Å². The van der Waals surface area contributed by atoms with Gasteiger partial charge in [-0.05, 0) is 18.6 Å². The van der Waals surface area contributed by atoms with Gasteiger partial charge in [0.25, 0.3) is 0 Å². The first-order valence-electron chi connectivity index (χ1n) is 5.40. The maximum atomic E-state index is 2.48. The van der Waals surface area contributed by atoms with Crippen LogP contribution in [0.3, 0.4) is 0 Å². The van der Waals surface area contributed by atoms with Crippen LogP contribution in [0.2, 0.25) is 0 Å². The van der Waals surface area contributed by atoms with E-state index in [9.17, 15) is 0 Å². The molecule has 0 fully saturated rings. The van der Waals surface area contributed by atoms with Crippen LogP contribution < -0.4 is 5.30 Å². The number of fused-ring (bicyclic) bond motifs is 1. The van der Waals surface area contributed by atoms with Gasteiger partial charge in [0.15, 0.2) is 0 Å². The molecule has 0 nitrogen and oxygen atoms in total. The second-order valence-corrected chi connectivity index (χ2v) is 7.98. The van der Waals surface area contributed by atoms with Crippen molar-refractivity contribution >= 4 is 18.6 Å². The summed E-state index contributed by atoms with van der Waals surface area (Å²) in [6.07, 6.45) is 6.38. The summed E-state index contributed by atoms with van der Waals surface area (Å²) in [5.74, 6) is 2.48. The molecule has 74 valence electrons. The molecule has 1 heteroatoms. The maximum Gasteiger partial charge on any atom is 0.105 e. The molecule has 1 heterocycles. The van der Waals surface area contributed by atoms with Gasteiger partial charge in [-0.2, -0.15) is 0 Å². The van der Waals surface area contributed by atoms with Crippen LogP contribution >= 0.6 is 7.26 Å². The molecule has 1 aliphatic rings. The molecular weight excluding hydrogens is 187 g/mol. The fraction of sp³-hybridized carbons (Fsp3) is 0.385. The first kappa shape index (κ1) is 9.93. The lowest BCUT2D eigenvalue weighted by Crippen LogP contribution is -2.10. The zero-order chi connectivity index (χ0) is 10.0. The highest BCUT2D eigenvalue weighted by atomic mass is 31.2. The van der Waals surface area contributed by atoms with Crippen molar-refractivity contribution in [3.63, 3.8) is 0 Å². The second-order valence-electron chi connectivity index (χ2n) is 4.22. The van der Waals surface area contributed by atoms with E-state index in [2.05, 4.69) is 49.7 Å². The zero-order valence-corrected chi connectivity index (χ0v) is 9.93. The van der Waals surface area contributed by atoms with Crippen molar-refractivity contribution in [1.29, 1.82) is 0 Å². The molecule has 0 saturated heterocycles. The highest BCUT2D eigenvalue weighted by Crippen LogP contribution is 2.60. The third-order valence-electron chi connectivity index (χ3n) is 3.05. The molecule has 0 N–H and O–H groups in total. The Morgan fingerprint density at radius 2 is 2.00 bits per heavy atom. The average Bonchev–Trinajstić information content (AvgIpc) is 2.55. The lowest BCUT2D eigenvalue weighted by Gasteiger charge is -2.15. The fourth-order valence-corrected chi connectivity index (χ4v) is 5.28. The third-order valence-corrected chi connectivity index (χ3v) is 6.61. The highest BCUT2D eigenvalue weighted by molar-refractivity contribution is 7.85. The van der Waals surface area contributed by atoms with Gasteiger partial charge in [0.2, 0.25) is 0 Å². The summed E-state index contributed by atoms with van der Waals surface area (Å²) in [5.41, 5.74) is 1.46. The largest absolute Gasteiger partial charge is 0.105 e. The minimum Gasteiger partial charge on any atom is -0.0652 e. The van der Waals surface area contributed by atoms with Crippen LogP contribution in [-0.4, -0.2) is 12.8 Å². The van der Waals surface area contributed by atoms with Crippen molar-refractivity contribution in [2.24, 2.45) is 0 Å². The maximum absolute atomic E-state index is 2.48. The first-order valence-corrected chi connectivity index (χ1v) is 7.89. The molecule has 0 spiro atoms.